The topological polar surface area (TPSA) is 83.8 Å². The molecule has 27 heavy (non-hydrogen) atoms. The smallest absolute Gasteiger partial charge is 0.257 e. The molecule has 1 heterocycles. The van der Waals surface area contributed by atoms with Crippen LogP contribution in [0.25, 0.3) is 22.4 Å². The van der Waals surface area contributed by atoms with Gasteiger partial charge in [0, 0.05) is 22.0 Å². The van der Waals surface area contributed by atoms with Crippen molar-refractivity contribution in [1.29, 1.82) is 0 Å². The normalized spacial score (nSPS) is 10.9. The molecule has 0 atom stereocenters. The highest BCUT2D eigenvalue weighted by molar-refractivity contribution is 6.37. The van der Waals surface area contributed by atoms with Crippen molar-refractivity contribution >= 4 is 51.5 Å². The third kappa shape index (κ3) is 3.60. The highest BCUT2D eigenvalue weighted by Crippen LogP contribution is 2.25. The molecular weight excluding hydrogens is 383 g/mol. The molecular formula is C20H14Cl2N4O. The predicted octanol–water partition coefficient (Wildman–Crippen LogP) is 5.37. The molecule has 0 aliphatic carbocycles. The van der Waals surface area contributed by atoms with E-state index >= 15 is 0 Å². The molecule has 1 amide bonds. The van der Waals surface area contributed by atoms with E-state index < -0.39 is 0 Å². The zero-order valence-corrected chi connectivity index (χ0v) is 15.5. The largest absolute Gasteiger partial charge is 0.399 e. The van der Waals surface area contributed by atoms with Gasteiger partial charge in [0.25, 0.3) is 5.91 Å². The van der Waals surface area contributed by atoms with Gasteiger partial charge in [0.15, 0.2) is 0 Å². The van der Waals surface area contributed by atoms with Crippen LogP contribution in [0, 0.1) is 0 Å². The molecule has 1 aromatic heterocycles. The number of halogens is 2. The molecule has 0 bridgehead atoms. The van der Waals surface area contributed by atoms with Crippen LogP contribution in [0.1, 0.15) is 10.4 Å². The lowest BCUT2D eigenvalue weighted by molar-refractivity contribution is 0.102. The Hall–Kier alpha value is -3.02. The number of aromatic amines is 1. The second-order valence-corrected chi connectivity index (χ2v) is 6.86. The van der Waals surface area contributed by atoms with E-state index in [9.17, 15) is 4.79 Å². The second kappa shape index (κ2) is 6.95. The van der Waals surface area contributed by atoms with Crippen LogP contribution in [0.15, 0.2) is 60.7 Å². The van der Waals surface area contributed by atoms with Crippen LogP contribution < -0.4 is 11.1 Å². The summed E-state index contributed by atoms with van der Waals surface area (Å²) in [5, 5.41) is 3.60. The molecule has 7 heteroatoms. The lowest BCUT2D eigenvalue weighted by Crippen LogP contribution is -2.12. The number of nitrogen functional groups attached to an aromatic ring is 1. The van der Waals surface area contributed by atoms with Crippen LogP contribution >= 0.6 is 23.2 Å². The monoisotopic (exact) mass is 396 g/mol. The van der Waals surface area contributed by atoms with E-state index in [0.29, 0.717) is 27.0 Å². The molecule has 4 rings (SSSR count). The number of aromatic nitrogens is 2. The molecule has 0 spiro atoms. The van der Waals surface area contributed by atoms with Gasteiger partial charge in [0.2, 0.25) is 0 Å². The Morgan fingerprint density at radius 1 is 1.00 bits per heavy atom. The van der Waals surface area contributed by atoms with Gasteiger partial charge in [0.1, 0.15) is 5.82 Å². The molecule has 134 valence electrons. The van der Waals surface area contributed by atoms with E-state index in [1.807, 2.05) is 30.3 Å². The van der Waals surface area contributed by atoms with Gasteiger partial charge < -0.3 is 16.0 Å². The molecule has 0 saturated heterocycles. The van der Waals surface area contributed by atoms with Crippen molar-refractivity contribution in [1.82, 2.24) is 9.97 Å². The first-order valence-corrected chi connectivity index (χ1v) is 8.87. The Balaban J connectivity index is 1.55. The van der Waals surface area contributed by atoms with Gasteiger partial charge in [-0.3, -0.25) is 4.79 Å². The number of carbonyl (C=O) groups excluding carboxylic acids is 1. The van der Waals surface area contributed by atoms with Crippen LogP contribution in [0.4, 0.5) is 11.4 Å². The van der Waals surface area contributed by atoms with Gasteiger partial charge in [-0.15, -0.1) is 0 Å². The van der Waals surface area contributed by atoms with Crippen molar-refractivity contribution in [2.24, 2.45) is 0 Å². The molecule has 5 nitrogen and oxygen atoms in total. The number of carbonyl (C=O) groups is 1. The Labute approximate surface area is 165 Å². The van der Waals surface area contributed by atoms with Crippen LogP contribution in [-0.2, 0) is 0 Å². The van der Waals surface area contributed by atoms with E-state index in [2.05, 4.69) is 15.3 Å². The second-order valence-electron chi connectivity index (χ2n) is 6.02. The number of nitrogens with one attached hydrogen (secondary N) is 2. The van der Waals surface area contributed by atoms with Crippen molar-refractivity contribution in [2.45, 2.75) is 0 Å². The predicted molar refractivity (Wildman–Crippen MR) is 110 cm³/mol. The fraction of sp³-hybridized carbons (Fsp3) is 0. The minimum atomic E-state index is -0.302. The SMILES string of the molecule is Nc1ccc2nc(-c3ccc(NC(=O)c4ccc(Cl)cc4Cl)cc3)[nH]c2c1. The molecule has 0 unspecified atom stereocenters. The van der Waals surface area contributed by atoms with Crippen molar-refractivity contribution < 1.29 is 4.79 Å². The van der Waals surface area contributed by atoms with Crippen molar-refractivity contribution in [2.75, 3.05) is 11.1 Å². The number of anilines is 2. The van der Waals surface area contributed by atoms with Gasteiger partial charge in [-0.2, -0.15) is 0 Å². The average molecular weight is 397 g/mol. The highest BCUT2D eigenvalue weighted by Gasteiger charge is 2.11. The molecule has 0 fully saturated rings. The van der Waals surface area contributed by atoms with Crippen LogP contribution in [-0.4, -0.2) is 15.9 Å². The van der Waals surface area contributed by atoms with Gasteiger partial charge >= 0.3 is 0 Å². The summed E-state index contributed by atoms with van der Waals surface area (Å²) in [7, 11) is 0. The van der Waals surface area contributed by atoms with Crippen LogP contribution in [0.2, 0.25) is 10.0 Å². The summed E-state index contributed by atoms with van der Waals surface area (Å²) in [6, 6.07) is 17.6. The van der Waals surface area contributed by atoms with Crippen LogP contribution in [0.3, 0.4) is 0 Å². The van der Waals surface area contributed by atoms with E-state index in [1.165, 1.54) is 6.07 Å². The third-order valence-electron chi connectivity index (χ3n) is 4.10. The molecule has 0 aliphatic heterocycles. The molecule has 3 aromatic carbocycles. The fourth-order valence-electron chi connectivity index (χ4n) is 2.75. The van der Waals surface area contributed by atoms with Crippen molar-refractivity contribution in [3.05, 3.63) is 76.3 Å². The third-order valence-corrected chi connectivity index (χ3v) is 4.65. The maximum atomic E-state index is 12.4. The number of hydrogen-bond acceptors (Lipinski definition) is 3. The summed E-state index contributed by atoms with van der Waals surface area (Å²) in [5.41, 5.74) is 10.1. The minimum absolute atomic E-state index is 0.302. The first-order valence-electron chi connectivity index (χ1n) is 8.12. The number of nitrogens with zero attached hydrogens (tertiary/aromatic N) is 1. The molecule has 0 aliphatic rings. The Kier molecular flexibility index (Phi) is 4.48. The van der Waals surface area contributed by atoms with Gasteiger partial charge in [-0.25, -0.2) is 4.98 Å². The number of rotatable bonds is 3. The average Bonchev–Trinajstić information content (AvgIpc) is 3.05. The van der Waals surface area contributed by atoms with E-state index in [-0.39, 0.29) is 5.91 Å². The maximum Gasteiger partial charge on any atom is 0.257 e. The summed E-state index contributed by atoms with van der Waals surface area (Å²) in [4.78, 5) is 20.2. The number of benzene rings is 3. The molecule has 0 radical (unpaired) electrons. The Morgan fingerprint density at radius 2 is 1.78 bits per heavy atom. The van der Waals surface area contributed by atoms with Gasteiger partial charge in [-0.1, -0.05) is 23.2 Å². The number of H-pyrrole nitrogens is 1. The summed E-state index contributed by atoms with van der Waals surface area (Å²) in [5.74, 6) is 0.429. The van der Waals surface area contributed by atoms with Crippen molar-refractivity contribution in [3.8, 4) is 11.4 Å². The summed E-state index contributed by atoms with van der Waals surface area (Å²) in [6.45, 7) is 0. The zero-order chi connectivity index (χ0) is 19.0. The lowest BCUT2D eigenvalue weighted by atomic mass is 10.1. The number of fused-ring (bicyclic) bond motifs is 1. The number of imidazole rings is 1. The number of amides is 1. The van der Waals surface area contributed by atoms with E-state index in [4.69, 9.17) is 28.9 Å². The first-order chi connectivity index (χ1) is 13.0. The molecule has 4 N–H and O–H groups in total. The standard InChI is InChI=1S/C20H14Cl2N4O/c21-12-3-7-15(16(22)9-12)20(27)24-14-5-1-11(2-6-14)19-25-17-8-4-13(23)10-18(17)26-19/h1-10H,23H2,(H,24,27)(H,25,26). The molecule has 0 saturated carbocycles. The quantitative estimate of drug-likeness (QED) is 0.407. The molecule has 4 aromatic rings. The van der Waals surface area contributed by atoms with E-state index in [1.54, 1.807) is 24.3 Å². The first kappa shape index (κ1) is 17.4. The van der Waals surface area contributed by atoms with Crippen LogP contribution in [0.5, 0.6) is 0 Å². The summed E-state index contributed by atoms with van der Waals surface area (Å²) in [6.07, 6.45) is 0. The van der Waals surface area contributed by atoms with E-state index in [0.717, 1.165) is 22.4 Å². The number of hydrogen-bond donors (Lipinski definition) is 3. The minimum Gasteiger partial charge on any atom is -0.399 e. The fourth-order valence-corrected chi connectivity index (χ4v) is 3.24. The maximum absolute atomic E-state index is 12.4. The van der Waals surface area contributed by atoms with Gasteiger partial charge in [0.05, 0.1) is 21.6 Å². The summed E-state index contributed by atoms with van der Waals surface area (Å²) >= 11 is 11.9. The number of nitrogens with two attached hydrogens (primary N) is 1. The Morgan fingerprint density at radius 3 is 2.52 bits per heavy atom. The van der Waals surface area contributed by atoms with Gasteiger partial charge in [-0.05, 0) is 60.7 Å². The summed E-state index contributed by atoms with van der Waals surface area (Å²) < 4.78 is 0. The highest BCUT2D eigenvalue weighted by atomic mass is 35.5. The zero-order valence-electron chi connectivity index (χ0n) is 14.0. The lowest BCUT2D eigenvalue weighted by Gasteiger charge is -2.07. The Bertz CT molecular complexity index is 1150. The van der Waals surface area contributed by atoms with Crippen molar-refractivity contribution in [3.63, 3.8) is 0 Å².